The monoisotopic (exact) mass is 256 g/mol. The standard InChI is InChI=1S/C9H12O.C5H5.Fe/c1-3-8-5-4-6-9(8)7(2)10;1-2-4-5-3-1;/h4-6,10H,3H2,1-2H3;1-5H;/q;-1;+2/p-1/b9-7-;;. The van der Waals surface area contributed by atoms with Crippen molar-refractivity contribution in [1.82, 2.24) is 0 Å². The van der Waals surface area contributed by atoms with Gasteiger partial charge in [0.1, 0.15) is 0 Å². The first-order valence-corrected chi connectivity index (χ1v) is 5.18. The fourth-order valence-electron chi connectivity index (χ4n) is 1.43. The smallest absolute Gasteiger partial charge is 0.875 e. The molecule has 86 valence electrons. The summed E-state index contributed by atoms with van der Waals surface area (Å²) in [4.78, 5) is 0. The van der Waals surface area contributed by atoms with Crippen molar-refractivity contribution in [3.63, 3.8) is 0 Å². The summed E-state index contributed by atoms with van der Waals surface area (Å²) in [6, 6.07) is 10.0. The molecule has 16 heavy (non-hydrogen) atoms. The van der Waals surface area contributed by atoms with E-state index in [1.54, 1.807) is 6.92 Å². The summed E-state index contributed by atoms with van der Waals surface area (Å²) in [6.45, 7) is 3.66. The van der Waals surface area contributed by atoms with Gasteiger partial charge in [0.05, 0.1) is 0 Å². The van der Waals surface area contributed by atoms with Crippen molar-refractivity contribution in [3.8, 4) is 0 Å². The summed E-state index contributed by atoms with van der Waals surface area (Å²) < 4.78 is 0. The maximum absolute atomic E-state index is 10.9. The Hall–Kier alpha value is -1.11. The van der Waals surface area contributed by atoms with Crippen LogP contribution in [0.15, 0.2) is 65.5 Å². The molecule has 2 rings (SSSR count). The third-order valence-corrected chi connectivity index (χ3v) is 2.22. The largest absolute Gasteiger partial charge is 2.00 e. The third-order valence-electron chi connectivity index (χ3n) is 2.22. The van der Waals surface area contributed by atoms with Gasteiger partial charge < -0.3 is 5.11 Å². The second-order valence-corrected chi connectivity index (χ2v) is 3.34. The van der Waals surface area contributed by atoms with E-state index in [1.807, 2.05) is 48.6 Å². The average Bonchev–Trinajstić information content (AvgIpc) is 2.92. The molecule has 1 aliphatic carbocycles. The fraction of sp³-hybridized carbons (Fsp3) is 0.214. The zero-order valence-electron chi connectivity index (χ0n) is 9.59. The number of rotatable bonds is 1. The topological polar surface area (TPSA) is 23.1 Å². The van der Waals surface area contributed by atoms with Crippen LogP contribution in [0.3, 0.4) is 0 Å². The molecule has 0 N–H and O–H groups in total. The van der Waals surface area contributed by atoms with Gasteiger partial charge in [0.25, 0.3) is 0 Å². The summed E-state index contributed by atoms with van der Waals surface area (Å²) in [5.74, 6) is 0.168. The number of hydrogen-bond acceptors (Lipinski definition) is 1. The van der Waals surface area contributed by atoms with Crippen LogP contribution < -0.4 is 5.11 Å². The molecule has 0 radical (unpaired) electrons. The van der Waals surface area contributed by atoms with E-state index in [0.717, 1.165) is 17.6 Å². The molecule has 0 unspecified atom stereocenters. The maximum Gasteiger partial charge on any atom is 2.00 e. The molecular formula is C14H16FeO. The normalized spacial score (nSPS) is 15.8. The molecule has 0 aromatic heterocycles. The van der Waals surface area contributed by atoms with Gasteiger partial charge in [0.15, 0.2) is 0 Å². The van der Waals surface area contributed by atoms with E-state index in [4.69, 9.17) is 0 Å². The molecule has 0 heterocycles. The Labute approximate surface area is 108 Å². The molecule has 2 heteroatoms. The zero-order chi connectivity index (χ0) is 11.1. The van der Waals surface area contributed by atoms with Gasteiger partial charge in [0, 0.05) is 0 Å². The van der Waals surface area contributed by atoms with E-state index >= 15 is 0 Å². The van der Waals surface area contributed by atoms with Crippen LogP contribution in [-0.2, 0) is 17.1 Å². The molecule has 0 saturated carbocycles. The molecule has 0 fully saturated rings. The van der Waals surface area contributed by atoms with E-state index < -0.39 is 0 Å². The molecule has 1 aromatic rings. The predicted molar refractivity (Wildman–Crippen MR) is 62.2 cm³/mol. The quantitative estimate of drug-likeness (QED) is 0.430. The molecule has 0 spiro atoms. The predicted octanol–water partition coefficient (Wildman–Crippen LogP) is 2.93. The first kappa shape index (κ1) is 14.9. The van der Waals surface area contributed by atoms with Crippen LogP contribution in [-0.4, -0.2) is 0 Å². The molecule has 0 aliphatic heterocycles. The van der Waals surface area contributed by atoms with Gasteiger partial charge >= 0.3 is 17.1 Å². The molecule has 1 aliphatic rings. The molecular weight excluding hydrogens is 240 g/mol. The van der Waals surface area contributed by atoms with Crippen LogP contribution in [0.5, 0.6) is 0 Å². The van der Waals surface area contributed by atoms with Crippen LogP contribution in [0.25, 0.3) is 0 Å². The Bertz CT molecular complexity index is 348. The molecule has 0 bridgehead atoms. The first-order chi connectivity index (χ1) is 7.25. The second-order valence-electron chi connectivity index (χ2n) is 3.34. The number of allylic oxidation sites excluding steroid dienone is 6. The van der Waals surface area contributed by atoms with Crippen LogP contribution in [0.4, 0.5) is 0 Å². The van der Waals surface area contributed by atoms with Crippen molar-refractivity contribution in [3.05, 3.63) is 65.5 Å². The Kier molecular flexibility index (Phi) is 7.53. The van der Waals surface area contributed by atoms with E-state index in [-0.39, 0.29) is 22.8 Å². The maximum atomic E-state index is 10.9. The van der Waals surface area contributed by atoms with E-state index in [0.29, 0.717) is 0 Å². The van der Waals surface area contributed by atoms with Gasteiger partial charge in [-0.1, -0.05) is 32.1 Å². The van der Waals surface area contributed by atoms with Gasteiger partial charge in [-0.25, -0.2) is 12.1 Å². The Morgan fingerprint density at radius 3 is 2.25 bits per heavy atom. The van der Waals surface area contributed by atoms with Crippen molar-refractivity contribution in [2.75, 3.05) is 0 Å². The minimum atomic E-state index is 0. The summed E-state index contributed by atoms with van der Waals surface area (Å²) >= 11 is 0. The van der Waals surface area contributed by atoms with Crippen molar-refractivity contribution >= 4 is 0 Å². The Morgan fingerprint density at radius 2 is 1.94 bits per heavy atom. The SMILES string of the molecule is CCC1=CC=C/C1=C(\C)[O-].[Fe+2].c1cc[cH-]c1. The van der Waals surface area contributed by atoms with E-state index in [9.17, 15) is 5.11 Å². The second kappa shape index (κ2) is 8.09. The van der Waals surface area contributed by atoms with Gasteiger partial charge in [-0.15, -0.1) is 5.76 Å². The minimum absolute atomic E-state index is 0. The average molecular weight is 256 g/mol. The molecule has 1 nitrogen and oxygen atoms in total. The summed E-state index contributed by atoms with van der Waals surface area (Å²) in [5, 5.41) is 10.9. The molecule has 0 atom stereocenters. The first-order valence-electron chi connectivity index (χ1n) is 5.18. The summed E-state index contributed by atoms with van der Waals surface area (Å²) in [6.07, 6.45) is 6.75. The van der Waals surface area contributed by atoms with Crippen LogP contribution in [0.1, 0.15) is 20.3 Å². The third kappa shape index (κ3) is 4.61. The van der Waals surface area contributed by atoms with E-state index in [2.05, 4.69) is 6.92 Å². The van der Waals surface area contributed by atoms with Crippen molar-refractivity contribution in [1.29, 1.82) is 0 Å². The van der Waals surface area contributed by atoms with Gasteiger partial charge in [-0.2, -0.15) is 18.2 Å². The van der Waals surface area contributed by atoms with Crippen molar-refractivity contribution in [2.45, 2.75) is 20.3 Å². The van der Waals surface area contributed by atoms with Crippen LogP contribution in [0.2, 0.25) is 0 Å². The minimum Gasteiger partial charge on any atom is -0.875 e. The van der Waals surface area contributed by atoms with E-state index in [1.165, 1.54) is 0 Å². The van der Waals surface area contributed by atoms with Gasteiger partial charge in [-0.3, -0.25) is 0 Å². The fourth-order valence-corrected chi connectivity index (χ4v) is 1.43. The summed E-state index contributed by atoms with van der Waals surface area (Å²) in [7, 11) is 0. The van der Waals surface area contributed by atoms with Crippen LogP contribution >= 0.6 is 0 Å². The van der Waals surface area contributed by atoms with Gasteiger partial charge in [0.2, 0.25) is 0 Å². The van der Waals surface area contributed by atoms with Crippen molar-refractivity contribution in [2.24, 2.45) is 0 Å². The Morgan fingerprint density at radius 1 is 1.31 bits per heavy atom. The van der Waals surface area contributed by atoms with Gasteiger partial charge in [-0.05, 0) is 17.6 Å². The Balaban J connectivity index is 0.000000318. The van der Waals surface area contributed by atoms with Crippen LogP contribution in [0, 0.1) is 0 Å². The molecule has 1 aromatic carbocycles. The zero-order valence-corrected chi connectivity index (χ0v) is 10.7. The van der Waals surface area contributed by atoms with Crippen molar-refractivity contribution < 1.29 is 22.2 Å². The molecule has 0 saturated heterocycles. The molecule has 0 amide bonds. The number of hydrogen-bond donors (Lipinski definition) is 0. The summed E-state index contributed by atoms with van der Waals surface area (Å²) in [5.41, 5.74) is 2.04.